The van der Waals surface area contributed by atoms with Crippen LogP contribution < -0.4 is 9.47 Å². The Balaban J connectivity index is 1.55. The highest BCUT2D eigenvalue weighted by molar-refractivity contribution is 6.14. The zero-order valence-electron chi connectivity index (χ0n) is 16.6. The Morgan fingerprint density at radius 3 is 2.52 bits per heavy atom. The number of carbonyl (C=O) groups is 1. The Kier molecular flexibility index (Phi) is 5.05. The van der Waals surface area contributed by atoms with Crippen LogP contribution >= 0.6 is 0 Å². The second-order valence-corrected chi connectivity index (χ2v) is 7.15. The van der Waals surface area contributed by atoms with Crippen LogP contribution in [0.1, 0.15) is 38.2 Å². The lowest BCUT2D eigenvalue weighted by Crippen LogP contribution is -1.98. The van der Waals surface area contributed by atoms with Gasteiger partial charge in [-0.25, -0.2) is 0 Å². The van der Waals surface area contributed by atoms with Crippen molar-refractivity contribution in [2.75, 3.05) is 0 Å². The van der Waals surface area contributed by atoms with E-state index in [2.05, 4.69) is 6.58 Å². The van der Waals surface area contributed by atoms with Crippen LogP contribution in [0.5, 0.6) is 11.5 Å². The normalized spacial score (nSPS) is 13.9. The first kappa shape index (κ1) is 18.8. The highest BCUT2D eigenvalue weighted by atomic mass is 16.5. The molecule has 29 heavy (non-hydrogen) atoms. The van der Waals surface area contributed by atoms with E-state index in [-0.39, 0.29) is 5.78 Å². The zero-order chi connectivity index (χ0) is 20.4. The number of fused-ring (bicyclic) bond motifs is 1. The second-order valence-electron chi connectivity index (χ2n) is 7.15. The van der Waals surface area contributed by atoms with Crippen LogP contribution in [0.15, 0.2) is 73.0 Å². The first-order chi connectivity index (χ1) is 14.0. The van der Waals surface area contributed by atoms with Crippen molar-refractivity contribution >= 4 is 17.9 Å². The third kappa shape index (κ3) is 3.85. The summed E-state index contributed by atoms with van der Waals surface area (Å²) >= 11 is 0. The van der Waals surface area contributed by atoms with Gasteiger partial charge in [-0.3, -0.25) is 4.79 Å². The predicted octanol–water partition coefficient (Wildman–Crippen LogP) is 6.14. The number of allylic oxidation sites excluding steroid dienone is 1. The van der Waals surface area contributed by atoms with Crippen molar-refractivity contribution in [3.05, 3.63) is 106 Å². The van der Waals surface area contributed by atoms with E-state index in [1.54, 1.807) is 12.1 Å². The van der Waals surface area contributed by atoms with Crippen molar-refractivity contribution < 1.29 is 14.3 Å². The minimum Gasteiger partial charge on any atom is -0.488 e. The number of hydrogen-bond acceptors (Lipinski definition) is 3. The summed E-state index contributed by atoms with van der Waals surface area (Å²) in [7, 11) is 0. The predicted molar refractivity (Wildman–Crippen MR) is 116 cm³/mol. The van der Waals surface area contributed by atoms with Gasteiger partial charge in [0.25, 0.3) is 0 Å². The molecule has 0 N–H and O–H groups in total. The van der Waals surface area contributed by atoms with E-state index in [9.17, 15) is 4.79 Å². The SMILES string of the molecule is C=Cc1ccc(COc2ccc3c(c2C)O/C(=C\c2cccc(C)c2)C3=O)cc1. The zero-order valence-corrected chi connectivity index (χ0v) is 16.6. The molecule has 0 spiro atoms. The Labute approximate surface area is 170 Å². The van der Waals surface area contributed by atoms with Gasteiger partial charge < -0.3 is 9.47 Å². The average Bonchev–Trinajstić information content (AvgIpc) is 3.04. The Morgan fingerprint density at radius 1 is 1.00 bits per heavy atom. The lowest BCUT2D eigenvalue weighted by Gasteiger charge is -2.11. The van der Waals surface area contributed by atoms with Gasteiger partial charge >= 0.3 is 0 Å². The topological polar surface area (TPSA) is 35.5 Å². The van der Waals surface area contributed by atoms with Gasteiger partial charge in [-0.15, -0.1) is 0 Å². The molecule has 3 heteroatoms. The van der Waals surface area contributed by atoms with E-state index in [4.69, 9.17) is 9.47 Å². The number of benzene rings is 3. The number of hydrogen-bond donors (Lipinski definition) is 0. The maximum absolute atomic E-state index is 12.7. The largest absolute Gasteiger partial charge is 0.488 e. The summed E-state index contributed by atoms with van der Waals surface area (Å²) in [6.07, 6.45) is 3.60. The van der Waals surface area contributed by atoms with Crippen molar-refractivity contribution in [1.29, 1.82) is 0 Å². The quantitative estimate of drug-likeness (QED) is 0.497. The van der Waals surface area contributed by atoms with Gasteiger partial charge in [0.05, 0.1) is 5.56 Å². The molecule has 0 atom stereocenters. The van der Waals surface area contributed by atoms with E-state index in [0.29, 0.717) is 29.4 Å². The maximum atomic E-state index is 12.7. The molecule has 0 aliphatic carbocycles. The van der Waals surface area contributed by atoms with Crippen LogP contribution in [0.25, 0.3) is 12.2 Å². The average molecular weight is 382 g/mol. The lowest BCUT2D eigenvalue weighted by molar-refractivity contribution is 0.101. The van der Waals surface area contributed by atoms with E-state index in [1.807, 2.05) is 74.5 Å². The van der Waals surface area contributed by atoms with E-state index >= 15 is 0 Å². The Morgan fingerprint density at radius 2 is 1.79 bits per heavy atom. The summed E-state index contributed by atoms with van der Waals surface area (Å²) in [6.45, 7) is 8.14. The monoisotopic (exact) mass is 382 g/mol. The van der Waals surface area contributed by atoms with Crippen molar-refractivity contribution in [3.63, 3.8) is 0 Å². The molecule has 0 bridgehead atoms. The molecule has 0 radical (unpaired) electrons. The summed E-state index contributed by atoms with van der Waals surface area (Å²) in [5.41, 5.74) is 5.61. The molecule has 0 aromatic heterocycles. The number of aryl methyl sites for hydroxylation is 1. The van der Waals surface area contributed by atoms with Crippen molar-refractivity contribution in [2.45, 2.75) is 20.5 Å². The number of ketones is 1. The van der Waals surface area contributed by atoms with Gasteiger partial charge in [0, 0.05) is 5.56 Å². The first-order valence-electron chi connectivity index (χ1n) is 9.54. The van der Waals surface area contributed by atoms with Gasteiger partial charge in [-0.05, 0) is 48.7 Å². The molecule has 3 nitrogen and oxygen atoms in total. The summed E-state index contributed by atoms with van der Waals surface area (Å²) < 4.78 is 11.9. The van der Waals surface area contributed by atoms with Gasteiger partial charge in [0.15, 0.2) is 5.76 Å². The van der Waals surface area contributed by atoms with Crippen molar-refractivity contribution in [3.8, 4) is 11.5 Å². The van der Waals surface area contributed by atoms with Crippen LogP contribution in [-0.2, 0) is 6.61 Å². The molecular formula is C26H22O3. The van der Waals surface area contributed by atoms with Crippen LogP contribution in [0, 0.1) is 13.8 Å². The molecule has 4 rings (SSSR count). The highest BCUT2D eigenvalue weighted by Crippen LogP contribution is 2.39. The van der Waals surface area contributed by atoms with E-state index in [1.165, 1.54) is 0 Å². The number of ether oxygens (including phenoxy) is 2. The van der Waals surface area contributed by atoms with Crippen LogP contribution in [-0.4, -0.2) is 5.78 Å². The van der Waals surface area contributed by atoms with Crippen LogP contribution in [0.2, 0.25) is 0 Å². The molecule has 3 aromatic rings. The molecular weight excluding hydrogens is 360 g/mol. The summed E-state index contributed by atoms with van der Waals surface area (Å²) in [5.74, 6) is 1.52. The van der Waals surface area contributed by atoms with Crippen LogP contribution in [0.4, 0.5) is 0 Å². The number of rotatable bonds is 5. The van der Waals surface area contributed by atoms with Gasteiger partial charge in [-0.2, -0.15) is 0 Å². The third-order valence-electron chi connectivity index (χ3n) is 4.99. The third-order valence-corrected chi connectivity index (χ3v) is 4.99. The fraction of sp³-hybridized carbons (Fsp3) is 0.115. The van der Waals surface area contributed by atoms with Gasteiger partial charge in [0.2, 0.25) is 5.78 Å². The fourth-order valence-corrected chi connectivity index (χ4v) is 3.35. The molecule has 1 aliphatic heterocycles. The summed E-state index contributed by atoms with van der Waals surface area (Å²) in [6, 6.07) is 19.6. The lowest BCUT2D eigenvalue weighted by atomic mass is 10.1. The smallest absolute Gasteiger partial charge is 0.231 e. The van der Waals surface area contributed by atoms with E-state index in [0.717, 1.165) is 27.8 Å². The number of carbonyl (C=O) groups excluding carboxylic acids is 1. The fourth-order valence-electron chi connectivity index (χ4n) is 3.35. The minimum absolute atomic E-state index is 0.101. The van der Waals surface area contributed by atoms with Crippen molar-refractivity contribution in [1.82, 2.24) is 0 Å². The number of Topliss-reactive ketones (excluding diaryl/α,β-unsaturated/α-hetero) is 1. The molecule has 0 amide bonds. The van der Waals surface area contributed by atoms with Crippen molar-refractivity contribution in [2.24, 2.45) is 0 Å². The molecule has 144 valence electrons. The van der Waals surface area contributed by atoms with E-state index < -0.39 is 0 Å². The van der Waals surface area contributed by atoms with Gasteiger partial charge in [-0.1, -0.05) is 66.7 Å². The summed E-state index contributed by atoms with van der Waals surface area (Å²) in [5, 5.41) is 0. The Bertz CT molecular complexity index is 1120. The highest BCUT2D eigenvalue weighted by Gasteiger charge is 2.30. The van der Waals surface area contributed by atoms with Crippen LogP contribution in [0.3, 0.4) is 0 Å². The standard InChI is InChI=1S/C26H22O3/c1-4-19-8-10-20(11-9-19)16-28-23-13-12-22-25(27)24(29-26(22)18(23)3)15-21-7-5-6-17(2)14-21/h4-15H,1,16H2,2-3H3/b24-15-. The second kappa shape index (κ2) is 7.80. The maximum Gasteiger partial charge on any atom is 0.231 e. The van der Waals surface area contributed by atoms with Gasteiger partial charge in [0.1, 0.15) is 18.1 Å². The molecule has 1 heterocycles. The summed E-state index contributed by atoms with van der Waals surface area (Å²) in [4.78, 5) is 12.7. The molecule has 3 aromatic carbocycles. The Hall–Kier alpha value is -3.59. The molecule has 0 saturated carbocycles. The minimum atomic E-state index is -0.101. The first-order valence-corrected chi connectivity index (χ1v) is 9.54. The molecule has 0 saturated heterocycles. The molecule has 0 fully saturated rings. The molecule has 0 unspecified atom stereocenters. The molecule has 1 aliphatic rings.